The molecular weight excluding hydrogens is 242 g/mol. The molecule has 2 aromatic heterocycles. The summed E-state index contributed by atoms with van der Waals surface area (Å²) in [7, 11) is 1.82. The fourth-order valence-electron chi connectivity index (χ4n) is 1.16. The largest absolute Gasteiger partial charge is 0.461 e. The Morgan fingerprint density at radius 1 is 1.65 bits per heavy atom. The van der Waals surface area contributed by atoms with E-state index in [9.17, 15) is 4.79 Å². The third-order valence-corrected chi connectivity index (χ3v) is 2.66. The molecule has 0 saturated heterocycles. The van der Waals surface area contributed by atoms with Crippen molar-refractivity contribution in [2.45, 2.75) is 17.0 Å². The number of esters is 1. The average Bonchev–Trinajstić information content (AvgIpc) is 2.89. The molecule has 0 bridgehead atoms. The first-order valence-corrected chi connectivity index (χ1v) is 5.80. The number of hydrogen-bond donors (Lipinski definition) is 0. The van der Waals surface area contributed by atoms with Gasteiger partial charge >= 0.3 is 5.97 Å². The molecule has 0 saturated carbocycles. The second-order valence-corrected chi connectivity index (χ2v) is 4.20. The third-order valence-electron chi connectivity index (χ3n) is 1.85. The van der Waals surface area contributed by atoms with Crippen LogP contribution in [0.15, 0.2) is 33.2 Å². The van der Waals surface area contributed by atoms with Crippen molar-refractivity contribution in [3.63, 3.8) is 0 Å². The zero-order chi connectivity index (χ0) is 12.3. The van der Waals surface area contributed by atoms with Gasteiger partial charge in [0.1, 0.15) is 6.26 Å². The van der Waals surface area contributed by atoms with Crippen molar-refractivity contribution in [2.24, 2.45) is 7.05 Å². The lowest BCUT2D eigenvalue weighted by molar-refractivity contribution is 0.0519. The molecule has 2 aromatic rings. The molecular formula is C10H11N3O3S. The fourth-order valence-corrected chi connectivity index (χ4v) is 1.90. The number of rotatable bonds is 4. The molecule has 17 heavy (non-hydrogen) atoms. The van der Waals surface area contributed by atoms with Crippen LogP contribution in [0, 0.1) is 0 Å². The minimum Gasteiger partial charge on any atom is -0.461 e. The van der Waals surface area contributed by atoms with Gasteiger partial charge in [0.25, 0.3) is 5.22 Å². The standard InChI is InChI=1S/C10H11N3O3S/c1-3-15-9(14)8-6-16-10(12-8)17-7-4-11-13(2)5-7/h4-6H,3H2,1-2H3. The summed E-state index contributed by atoms with van der Waals surface area (Å²) in [5, 5.41) is 4.41. The minimum absolute atomic E-state index is 0.179. The van der Waals surface area contributed by atoms with Gasteiger partial charge in [-0.25, -0.2) is 4.79 Å². The van der Waals surface area contributed by atoms with E-state index in [0.717, 1.165) is 4.90 Å². The Balaban J connectivity index is 2.06. The lowest BCUT2D eigenvalue weighted by Gasteiger charge is -1.94. The monoisotopic (exact) mass is 253 g/mol. The van der Waals surface area contributed by atoms with Gasteiger partial charge in [0, 0.05) is 13.2 Å². The first-order chi connectivity index (χ1) is 8.19. The molecule has 0 aromatic carbocycles. The summed E-state index contributed by atoms with van der Waals surface area (Å²) in [6.07, 6.45) is 4.81. The van der Waals surface area contributed by atoms with E-state index in [-0.39, 0.29) is 5.69 Å². The molecule has 0 unspecified atom stereocenters. The van der Waals surface area contributed by atoms with Gasteiger partial charge in [0.2, 0.25) is 0 Å². The number of carbonyl (C=O) groups is 1. The van der Waals surface area contributed by atoms with Gasteiger partial charge in [-0.1, -0.05) is 0 Å². The van der Waals surface area contributed by atoms with Gasteiger partial charge in [0.15, 0.2) is 5.69 Å². The predicted octanol–water partition coefficient (Wildman–Crippen LogP) is 1.74. The molecule has 90 valence electrons. The van der Waals surface area contributed by atoms with E-state index in [1.54, 1.807) is 17.8 Å². The van der Waals surface area contributed by atoms with Crippen molar-refractivity contribution in [3.8, 4) is 0 Å². The molecule has 0 atom stereocenters. The van der Waals surface area contributed by atoms with Gasteiger partial charge < -0.3 is 9.15 Å². The fraction of sp³-hybridized carbons (Fsp3) is 0.300. The van der Waals surface area contributed by atoms with E-state index in [4.69, 9.17) is 9.15 Å². The predicted molar refractivity (Wildman–Crippen MR) is 59.8 cm³/mol. The Hall–Kier alpha value is -1.76. The van der Waals surface area contributed by atoms with Crippen LogP contribution in [0.2, 0.25) is 0 Å². The van der Waals surface area contributed by atoms with E-state index in [0.29, 0.717) is 11.8 Å². The van der Waals surface area contributed by atoms with Crippen molar-refractivity contribution in [2.75, 3.05) is 6.61 Å². The second kappa shape index (κ2) is 5.05. The topological polar surface area (TPSA) is 70.2 Å². The lowest BCUT2D eigenvalue weighted by atomic mass is 10.5. The third kappa shape index (κ3) is 2.88. The number of aromatic nitrogens is 3. The second-order valence-electron chi connectivity index (χ2n) is 3.17. The van der Waals surface area contributed by atoms with Crippen LogP contribution >= 0.6 is 11.8 Å². The Kier molecular flexibility index (Phi) is 3.48. The number of oxazole rings is 1. The Labute approximate surface area is 102 Å². The van der Waals surface area contributed by atoms with Crippen LogP contribution in [-0.2, 0) is 11.8 Å². The van der Waals surface area contributed by atoms with Gasteiger partial charge in [-0.3, -0.25) is 4.68 Å². The summed E-state index contributed by atoms with van der Waals surface area (Å²) in [5.41, 5.74) is 0.179. The highest BCUT2D eigenvalue weighted by atomic mass is 32.2. The van der Waals surface area contributed by atoms with Crippen molar-refractivity contribution in [1.82, 2.24) is 14.8 Å². The normalized spacial score (nSPS) is 10.5. The van der Waals surface area contributed by atoms with Crippen molar-refractivity contribution < 1.29 is 13.9 Å². The Morgan fingerprint density at radius 2 is 2.47 bits per heavy atom. The zero-order valence-electron chi connectivity index (χ0n) is 9.41. The highest BCUT2D eigenvalue weighted by Gasteiger charge is 2.14. The quantitative estimate of drug-likeness (QED) is 0.773. The molecule has 0 fully saturated rings. The summed E-state index contributed by atoms with van der Waals surface area (Å²) in [5.74, 6) is -0.478. The summed E-state index contributed by atoms with van der Waals surface area (Å²) in [6.45, 7) is 2.06. The molecule has 2 rings (SSSR count). The first kappa shape index (κ1) is 11.7. The highest BCUT2D eigenvalue weighted by molar-refractivity contribution is 7.99. The van der Waals surface area contributed by atoms with Crippen LogP contribution in [-0.4, -0.2) is 27.3 Å². The van der Waals surface area contributed by atoms with Crippen molar-refractivity contribution >= 4 is 17.7 Å². The number of nitrogens with zero attached hydrogens (tertiary/aromatic N) is 3. The maximum absolute atomic E-state index is 11.3. The lowest BCUT2D eigenvalue weighted by Crippen LogP contribution is -2.04. The van der Waals surface area contributed by atoms with Crippen molar-refractivity contribution in [1.29, 1.82) is 0 Å². The van der Waals surface area contributed by atoms with Crippen LogP contribution in [0.1, 0.15) is 17.4 Å². The van der Waals surface area contributed by atoms with E-state index in [1.165, 1.54) is 18.0 Å². The van der Waals surface area contributed by atoms with E-state index in [1.807, 2.05) is 13.2 Å². The number of carbonyl (C=O) groups excluding carboxylic acids is 1. The minimum atomic E-state index is -0.478. The van der Waals surface area contributed by atoms with Crippen LogP contribution < -0.4 is 0 Å². The highest BCUT2D eigenvalue weighted by Crippen LogP contribution is 2.26. The summed E-state index contributed by atoms with van der Waals surface area (Å²) in [4.78, 5) is 16.3. The van der Waals surface area contributed by atoms with Gasteiger partial charge in [-0.05, 0) is 18.7 Å². The summed E-state index contributed by atoms with van der Waals surface area (Å²) >= 11 is 1.30. The van der Waals surface area contributed by atoms with Gasteiger partial charge in [-0.15, -0.1) is 0 Å². The van der Waals surface area contributed by atoms with E-state index >= 15 is 0 Å². The molecule has 0 aliphatic carbocycles. The maximum Gasteiger partial charge on any atom is 0.360 e. The van der Waals surface area contributed by atoms with Crippen LogP contribution in [0.3, 0.4) is 0 Å². The van der Waals surface area contributed by atoms with E-state index < -0.39 is 5.97 Å². The number of ether oxygens (including phenoxy) is 1. The SMILES string of the molecule is CCOC(=O)c1coc(Sc2cnn(C)c2)n1. The average molecular weight is 253 g/mol. The molecule has 0 aliphatic heterocycles. The molecule has 0 spiro atoms. The smallest absolute Gasteiger partial charge is 0.360 e. The Morgan fingerprint density at radius 3 is 3.12 bits per heavy atom. The van der Waals surface area contributed by atoms with Gasteiger partial charge in [-0.2, -0.15) is 10.1 Å². The van der Waals surface area contributed by atoms with E-state index in [2.05, 4.69) is 10.1 Å². The molecule has 0 amide bonds. The molecule has 7 heteroatoms. The molecule has 0 aliphatic rings. The molecule has 0 radical (unpaired) electrons. The maximum atomic E-state index is 11.3. The van der Waals surface area contributed by atoms with Gasteiger partial charge in [0.05, 0.1) is 17.7 Å². The number of aryl methyl sites for hydroxylation is 1. The van der Waals surface area contributed by atoms with Crippen LogP contribution in [0.25, 0.3) is 0 Å². The van der Waals surface area contributed by atoms with Crippen LogP contribution in [0.4, 0.5) is 0 Å². The zero-order valence-corrected chi connectivity index (χ0v) is 10.2. The molecule has 6 nitrogen and oxygen atoms in total. The first-order valence-electron chi connectivity index (χ1n) is 4.98. The molecule has 0 N–H and O–H groups in total. The van der Waals surface area contributed by atoms with Crippen LogP contribution in [0.5, 0.6) is 0 Å². The number of hydrogen-bond acceptors (Lipinski definition) is 6. The summed E-state index contributed by atoms with van der Waals surface area (Å²) < 4.78 is 11.6. The Bertz CT molecular complexity index is 520. The van der Waals surface area contributed by atoms with Crippen molar-refractivity contribution in [3.05, 3.63) is 24.4 Å². The molecule has 2 heterocycles. The summed E-state index contributed by atoms with van der Waals surface area (Å²) in [6, 6.07) is 0.